The Bertz CT molecular complexity index is 857. The van der Waals surface area contributed by atoms with Crippen molar-refractivity contribution in [1.82, 2.24) is 20.4 Å². The minimum Gasteiger partial charge on any atom is -0.386 e. The molecule has 1 fully saturated rings. The first-order valence-corrected chi connectivity index (χ1v) is 10.0. The standard InChI is InChI=1S/C22H28F2N4O2/c1-27-8-10-28(11-9-27)15-17-5-3-2-4-16(17)13-25-22(30)26-14-21(29)19-7-6-18(23)12-20(19)24/h2-7,12,21,29H,8-11,13-15H2,1H3,(H2,25,26,30). The summed E-state index contributed by atoms with van der Waals surface area (Å²) in [5.74, 6) is -1.56. The average Bonchev–Trinajstić information content (AvgIpc) is 2.73. The van der Waals surface area contributed by atoms with Crippen molar-refractivity contribution < 1.29 is 18.7 Å². The number of carbonyl (C=O) groups excluding carboxylic acids is 1. The molecule has 1 heterocycles. The van der Waals surface area contributed by atoms with Crippen molar-refractivity contribution in [3.05, 3.63) is 70.8 Å². The molecular weight excluding hydrogens is 390 g/mol. The quantitative estimate of drug-likeness (QED) is 0.645. The van der Waals surface area contributed by atoms with Gasteiger partial charge in [0, 0.05) is 57.4 Å². The number of nitrogens with one attached hydrogen (secondary N) is 2. The zero-order valence-electron chi connectivity index (χ0n) is 17.1. The molecule has 3 N–H and O–H groups in total. The molecule has 6 nitrogen and oxygen atoms in total. The van der Waals surface area contributed by atoms with E-state index in [0.29, 0.717) is 12.6 Å². The Hall–Kier alpha value is -2.55. The fourth-order valence-corrected chi connectivity index (χ4v) is 3.44. The highest BCUT2D eigenvalue weighted by molar-refractivity contribution is 5.73. The maximum atomic E-state index is 13.7. The molecule has 1 aliphatic heterocycles. The van der Waals surface area contributed by atoms with Gasteiger partial charge >= 0.3 is 6.03 Å². The van der Waals surface area contributed by atoms with E-state index in [4.69, 9.17) is 0 Å². The van der Waals surface area contributed by atoms with E-state index < -0.39 is 23.8 Å². The summed E-state index contributed by atoms with van der Waals surface area (Å²) in [5.41, 5.74) is 2.13. The molecule has 1 aliphatic rings. The van der Waals surface area contributed by atoms with E-state index in [0.717, 1.165) is 49.9 Å². The maximum absolute atomic E-state index is 13.7. The summed E-state index contributed by atoms with van der Waals surface area (Å²) in [6, 6.07) is 10.4. The number of likely N-dealkylation sites (N-methyl/N-ethyl adjacent to an activating group) is 1. The summed E-state index contributed by atoms with van der Waals surface area (Å²) in [5, 5.41) is 15.4. The zero-order valence-corrected chi connectivity index (χ0v) is 17.1. The third-order valence-corrected chi connectivity index (χ3v) is 5.33. The van der Waals surface area contributed by atoms with Gasteiger partial charge in [0.2, 0.25) is 0 Å². The fraction of sp³-hybridized carbons (Fsp3) is 0.409. The number of urea groups is 1. The van der Waals surface area contributed by atoms with Gasteiger partial charge < -0.3 is 20.6 Å². The Labute approximate surface area is 175 Å². The summed E-state index contributed by atoms with van der Waals surface area (Å²) < 4.78 is 26.7. The smallest absolute Gasteiger partial charge is 0.315 e. The number of aliphatic hydroxyl groups is 1. The molecular formula is C22H28F2N4O2. The number of aliphatic hydroxyl groups excluding tert-OH is 1. The second-order valence-corrected chi connectivity index (χ2v) is 7.59. The summed E-state index contributed by atoms with van der Waals surface area (Å²) >= 11 is 0. The van der Waals surface area contributed by atoms with Crippen molar-refractivity contribution in [2.45, 2.75) is 19.2 Å². The minimum absolute atomic E-state index is 0.0609. The number of hydrogen-bond acceptors (Lipinski definition) is 4. The highest BCUT2D eigenvalue weighted by Gasteiger charge is 2.16. The molecule has 1 saturated heterocycles. The van der Waals surface area contributed by atoms with E-state index in [-0.39, 0.29) is 12.1 Å². The Morgan fingerprint density at radius 2 is 1.77 bits per heavy atom. The molecule has 2 aromatic rings. The number of nitrogens with zero attached hydrogens (tertiary/aromatic N) is 2. The second kappa shape index (κ2) is 10.5. The van der Waals surface area contributed by atoms with E-state index in [1.54, 1.807) is 0 Å². The van der Waals surface area contributed by atoms with Crippen molar-refractivity contribution in [3.63, 3.8) is 0 Å². The number of halogens is 2. The number of amides is 2. The largest absolute Gasteiger partial charge is 0.386 e. The first-order chi connectivity index (χ1) is 14.4. The van der Waals surface area contributed by atoms with Crippen LogP contribution < -0.4 is 10.6 Å². The predicted octanol–water partition coefficient (Wildman–Crippen LogP) is 2.25. The van der Waals surface area contributed by atoms with Crippen molar-refractivity contribution in [1.29, 1.82) is 0 Å². The fourth-order valence-electron chi connectivity index (χ4n) is 3.44. The van der Waals surface area contributed by atoms with Crippen LogP contribution >= 0.6 is 0 Å². The van der Waals surface area contributed by atoms with Crippen LogP contribution in [0.2, 0.25) is 0 Å². The normalized spacial score (nSPS) is 16.3. The molecule has 8 heteroatoms. The summed E-state index contributed by atoms with van der Waals surface area (Å²) in [4.78, 5) is 16.8. The van der Waals surface area contributed by atoms with Crippen molar-refractivity contribution in [2.75, 3.05) is 39.8 Å². The Morgan fingerprint density at radius 3 is 2.47 bits per heavy atom. The molecule has 2 amide bonds. The number of carbonyl (C=O) groups is 1. The molecule has 1 unspecified atom stereocenters. The lowest BCUT2D eigenvalue weighted by atomic mass is 10.1. The van der Waals surface area contributed by atoms with E-state index in [9.17, 15) is 18.7 Å². The Kier molecular flexibility index (Phi) is 7.73. The van der Waals surface area contributed by atoms with Crippen LogP contribution in [-0.2, 0) is 13.1 Å². The zero-order chi connectivity index (χ0) is 21.5. The van der Waals surface area contributed by atoms with Gasteiger partial charge in [-0.05, 0) is 24.2 Å². The molecule has 0 aromatic heterocycles. The molecule has 0 aliphatic carbocycles. The highest BCUT2D eigenvalue weighted by atomic mass is 19.1. The van der Waals surface area contributed by atoms with Gasteiger partial charge in [-0.1, -0.05) is 30.3 Å². The van der Waals surface area contributed by atoms with E-state index in [1.165, 1.54) is 6.07 Å². The topological polar surface area (TPSA) is 67.8 Å². The molecule has 0 bridgehead atoms. The SMILES string of the molecule is CN1CCN(Cc2ccccc2CNC(=O)NCC(O)c2ccc(F)cc2F)CC1. The molecule has 162 valence electrons. The van der Waals surface area contributed by atoms with Gasteiger partial charge in [0.25, 0.3) is 0 Å². The molecule has 0 saturated carbocycles. The van der Waals surface area contributed by atoms with Crippen LogP contribution in [0.15, 0.2) is 42.5 Å². The molecule has 0 radical (unpaired) electrons. The van der Waals surface area contributed by atoms with Gasteiger partial charge in [0.05, 0.1) is 6.10 Å². The van der Waals surface area contributed by atoms with Crippen LogP contribution in [0.25, 0.3) is 0 Å². The van der Waals surface area contributed by atoms with Crippen molar-refractivity contribution in [3.8, 4) is 0 Å². The van der Waals surface area contributed by atoms with E-state index in [1.807, 2.05) is 18.2 Å². The third kappa shape index (κ3) is 6.22. The Balaban J connectivity index is 1.48. The van der Waals surface area contributed by atoms with Crippen LogP contribution in [-0.4, -0.2) is 60.7 Å². The predicted molar refractivity (Wildman–Crippen MR) is 111 cm³/mol. The summed E-state index contributed by atoms with van der Waals surface area (Å²) in [6.07, 6.45) is -1.26. The van der Waals surface area contributed by atoms with E-state index in [2.05, 4.69) is 33.5 Å². The summed E-state index contributed by atoms with van der Waals surface area (Å²) in [6.45, 7) is 5.09. The van der Waals surface area contributed by atoms with Gasteiger partial charge in [-0.2, -0.15) is 0 Å². The van der Waals surface area contributed by atoms with Crippen LogP contribution in [0.1, 0.15) is 22.8 Å². The van der Waals surface area contributed by atoms with Crippen LogP contribution in [0.4, 0.5) is 13.6 Å². The first kappa shape index (κ1) is 22.1. The highest BCUT2D eigenvalue weighted by Crippen LogP contribution is 2.17. The molecule has 1 atom stereocenters. The summed E-state index contributed by atoms with van der Waals surface area (Å²) in [7, 11) is 2.12. The lowest BCUT2D eigenvalue weighted by Gasteiger charge is -2.32. The number of hydrogen-bond donors (Lipinski definition) is 3. The van der Waals surface area contributed by atoms with Gasteiger partial charge in [-0.15, -0.1) is 0 Å². The molecule has 30 heavy (non-hydrogen) atoms. The average molecular weight is 418 g/mol. The minimum atomic E-state index is -1.26. The molecule has 0 spiro atoms. The van der Waals surface area contributed by atoms with Gasteiger partial charge in [0.1, 0.15) is 11.6 Å². The van der Waals surface area contributed by atoms with E-state index >= 15 is 0 Å². The Morgan fingerprint density at radius 1 is 1.07 bits per heavy atom. The molecule has 2 aromatic carbocycles. The number of rotatable bonds is 7. The van der Waals surface area contributed by atoms with Crippen LogP contribution in [0.3, 0.4) is 0 Å². The second-order valence-electron chi connectivity index (χ2n) is 7.59. The van der Waals surface area contributed by atoms with Crippen LogP contribution in [0, 0.1) is 11.6 Å². The van der Waals surface area contributed by atoms with Gasteiger partial charge in [-0.25, -0.2) is 13.6 Å². The van der Waals surface area contributed by atoms with Crippen molar-refractivity contribution >= 4 is 6.03 Å². The van der Waals surface area contributed by atoms with Crippen molar-refractivity contribution in [2.24, 2.45) is 0 Å². The molecule has 3 rings (SSSR count). The lowest BCUT2D eigenvalue weighted by molar-refractivity contribution is 0.148. The number of piperazine rings is 1. The van der Waals surface area contributed by atoms with Gasteiger partial charge in [0.15, 0.2) is 0 Å². The van der Waals surface area contributed by atoms with Gasteiger partial charge in [-0.3, -0.25) is 4.90 Å². The first-order valence-electron chi connectivity index (χ1n) is 10.0. The monoisotopic (exact) mass is 418 g/mol. The maximum Gasteiger partial charge on any atom is 0.315 e. The van der Waals surface area contributed by atoms with Crippen LogP contribution in [0.5, 0.6) is 0 Å². The lowest BCUT2D eigenvalue weighted by Crippen LogP contribution is -2.44. The third-order valence-electron chi connectivity index (χ3n) is 5.33. The number of benzene rings is 2.